The molecule has 0 saturated heterocycles. The molecule has 7 heteroatoms. The molecule has 0 spiro atoms. The van der Waals surface area contributed by atoms with Gasteiger partial charge in [0.15, 0.2) is 12.2 Å². The van der Waals surface area contributed by atoms with Gasteiger partial charge in [-0.1, -0.05) is 0 Å². The van der Waals surface area contributed by atoms with Crippen LogP contribution in [0.5, 0.6) is 0 Å². The molecule has 1 N–H and O–H groups in total. The summed E-state index contributed by atoms with van der Waals surface area (Å²) in [5.41, 5.74) is 1.73. The molecule has 3 heterocycles. The second kappa shape index (κ2) is 5.01. The van der Waals surface area contributed by atoms with Gasteiger partial charge < -0.3 is 9.73 Å². The number of halogens is 1. The Kier molecular flexibility index (Phi) is 3.17. The maximum absolute atomic E-state index is 13.9. The number of carbonyl (C=O) groups excluding carboxylic acids is 1. The molecular formula is C14H13FN4O2. The summed E-state index contributed by atoms with van der Waals surface area (Å²) in [6, 6.07) is 1.31. The van der Waals surface area contributed by atoms with E-state index in [0.717, 1.165) is 0 Å². The van der Waals surface area contributed by atoms with Crippen LogP contribution in [-0.4, -0.2) is 26.8 Å². The molecule has 3 rings (SSSR count). The molecule has 3 aromatic heterocycles. The molecule has 0 saturated carbocycles. The van der Waals surface area contributed by atoms with Crippen molar-refractivity contribution in [1.29, 1.82) is 0 Å². The number of oxazole rings is 1. The lowest BCUT2D eigenvalue weighted by atomic mass is 10.2. The van der Waals surface area contributed by atoms with E-state index >= 15 is 0 Å². The van der Waals surface area contributed by atoms with Crippen molar-refractivity contribution in [1.82, 2.24) is 19.7 Å². The van der Waals surface area contributed by atoms with E-state index in [-0.39, 0.29) is 5.91 Å². The van der Waals surface area contributed by atoms with Crippen molar-refractivity contribution < 1.29 is 13.6 Å². The van der Waals surface area contributed by atoms with Gasteiger partial charge in [0.25, 0.3) is 5.91 Å². The van der Waals surface area contributed by atoms with Crippen LogP contribution < -0.4 is 5.32 Å². The van der Waals surface area contributed by atoms with E-state index < -0.39 is 5.82 Å². The Morgan fingerprint density at radius 1 is 1.52 bits per heavy atom. The van der Waals surface area contributed by atoms with Gasteiger partial charge in [0.05, 0.1) is 17.5 Å². The van der Waals surface area contributed by atoms with E-state index in [2.05, 4.69) is 15.3 Å². The number of hydrogen-bond acceptors (Lipinski definition) is 4. The van der Waals surface area contributed by atoms with Crippen molar-refractivity contribution in [2.75, 3.05) is 6.54 Å². The summed E-state index contributed by atoms with van der Waals surface area (Å²) in [5.74, 6) is -0.389. The number of imidazole rings is 1. The maximum Gasteiger partial charge on any atom is 0.270 e. The Morgan fingerprint density at radius 2 is 2.33 bits per heavy atom. The Balaban J connectivity index is 2.29. The lowest BCUT2D eigenvalue weighted by molar-refractivity contribution is 0.0949. The number of hydrogen-bond donors (Lipinski definition) is 1. The fourth-order valence-corrected chi connectivity index (χ4v) is 2.27. The molecule has 6 nitrogen and oxygen atoms in total. The van der Waals surface area contributed by atoms with Gasteiger partial charge in [-0.3, -0.25) is 9.20 Å². The van der Waals surface area contributed by atoms with Gasteiger partial charge in [0.1, 0.15) is 17.2 Å². The number of nitrogens with one attached hydrogen (secondary N) is 1. The van der Waals surface area contributed by atoms with E-state index in [9.17, 15) is 9.18 Å². The first-order chi connectivity index (χ1) is 10.1. The minimum Gasteiger partial charge on any atom is -0.443 e. The zero-order valence-corrected chi connectivity index (χ0v) is 11.6. The molecule has 1 amide bonds. The van der Waals surface area contributed by atoms with Crippen LogP contribution in [0.4, 0.5) is 4.39 Å². The minimum absolute atomic E-state index is 0.295. The number of pyridine rings is 1. The predicted octanol–water partition coefficient (Wildman–Crippen LogP) is 2.19. The van der Waals surface area contributed by atoms with Crippen LogP contribution in [0.15, 0.2) is 29.3 Å². The third-order valence-corrected chi connectivity index (χ3v) is 3.11. The summed E-state index contributed by atoms with van der Waals surface area (Å²) in [6.07, 6.45) is 3.97. The zero-order chi connectivity index (χ0) is 15.0. The number of aryl methyl sites for hydroxylation is 1. The van der Waals surface area contributed by atoms with Gasteiger partial charge in [0, 0.05) is 12.7 Å². The number of rotatable bonds is 3. The third kappa shape index (κ3) is 2.16. The second-order valence-electron chi connectivity index (χ2n) is 4.54. The highest BCUT2D eigenvalue weighted by Crippen LogP contribution is 2.26. The Bertz CT molecular complexity index is 808. The second-order valence-corrected chi connectivity index (χ2v) is 4.54. The number of nitrogens with zero attached hydrogens (tertiary/aromatic N) is 3. The van der Waals surface area contributed by atoms with Crippen molar-refractivity contribution in [3.63, 3.8) is 0 Å². The molecule has 0 aromatic carbocycles. The van der Waals surface area contributed by atoms with Crippen molar-refractivity contribution >= 4 is 11.6 Å². The van der Waals surface area contributed by atoms with Gasteiger partial charge >= 0.3 is 0 Å². The van der Waals surface area contributed by atoms with Crippen LogP contribution in [0.25, 0.3) is 17.0 Å². The van der Waals surface area contributed by atoms with E-state index in [0.29, 0.717) is 34.9 Å². The average Bonchev–Trinajstić information content (AvgIpc) is 3.05. The molecule has 0 aliphatic carbocycles. The average molecular weight is 288 g/mol. The van der Waals surface area contributed by atoms with Gasteiger partial charge in [-0.05, 0) is 19.9 Å². The number of aromatic nitrogens is 3. The first kappa shape index (κ1) is 13.3. The quantitative estimate of drug-likeness (QED) is 0.801. The molecule has 0 aliphatic heterocycles. The highest BCUT2D eigenvalue weighted by Gasteiger charge is 2.20. The monoisotopic (exact) mass is 288 g/mol. The molecule has 0 bridgehead atoms. The predicted molar refractivity (Wildman–Crippen MR) is 73.4 cm³/mol. The van der Waals surface area contributed by atoms with Crippen molar-refractivity contribution in [3.05, 3.63) is 42.1 Å². The van der Waals surface area contributed by atoms with E-state index in [1.165, 1.54) is 29.3 Å². The van der Waals surface area contributed by atoms with Crippen LogP contribution in [0.3, 0.4) is 0 Å². The first-order valence-corrected chi connectivity index (χ1v) is 6.47. The standard InChI is InChI=1S/C14H13FN4O2/c1-3-17-14(20)12-8(2)18-13-10(11-5-16-7-21-11)4-9(15)6-19(12)13/h4-7H,3H2,1-2H3,(H,17,20). The van der Waals surface area contributed by atoms with E-state index in [1.54, 1.807) is 6.92 Å². The van der Waals surface area contributed by atoms with Crippen molar-refractivity contribution in [2.24, 2.45) is 0 Å². The fourth-order valence-electron chi connectivity index (χ4n) is 2.27. The van der Waals surface area contributed by atoms with Crippen LogP contribution in [0.2, 0.25) is 0 Å². The summed E-state index contributed by atoms with van der Waals surface area (Å²) in [7, 11) is 0. The lowest BCUT2D eigenvalue weighted by Gasteiger charge is -2.05. The van der Waals surface area contributed by atoms with Crippen LogP contribution in [0.1, 0.15) is 23.1 Å². The smallest absolute Gasteiger partial charge is 0.270 e. The maximum atomic E-state index is 13.9. The summed E-state index contributed by atoms with van der Waals surface area (Å²) >= 11 is 0. The highest BCUT2D eigenvalue weighted by molar-refractivity contribution is 5.95. The third-order valence-electron chi connectivity index (χ3n) is 3.11. The largest absolute Gasteiger partial charge is 0.443 e. The summed E-state index contributed by atoms with van der Waals surface area (Å²) < 4.78 is 20.5. The zero-order valence-electron chi connectivity index (χ0n) is 11.6. The molecule has 108 valence electrons. The number of fused-ring (bicyclic) bond motifs is 1. The van der Waals surface area contributed by atoms with Crippen molar-refractivity contribution in [2.45, 2.75) is 13.8 Å². The van der Waals surface area contributed by atoms with Crippen LogP contribution in [0, 0.1) is 12.7 Å². The van der Waals surface area contributed by atoms with Crippen LogP contribution >= 0.6 is 0 Å². The molecule has 21 heavy (non-hydrogen) atoms. The summed E-state index contributed by atoms with van der Waals surface area (Å²) in [4.78, 5) is 20.3. The van der Waals surface area contributed by atoms with Crippen molar-refractivity contribution in [3.8, 4) is 11.3 Å². The Labute approximate surface area is 119 Å². The minimum atomic E-state index is -0.489. The fraction of sp³-hybridized carbons (Fsp3) is 0.214. The number of carbonyl (C=O) groups is 1. The lowest BCUT2D eigenvalue weighted by Crippen LogP contribution is -2.24. The molecule has 0 fully saturated rings. The summed E-state index contributed by atoms with van der Waals surface area (Å²) in [5, 5.41) is 2.70. The highest BCUT2D eigenvalue weighted by atomic mass is 19.1. The Hall–Kier alpha value is -2.70. The topological polar surface area (TPSA) is 72.4 Å². The molecule has 0 radical (unpaired) electrons. The van der Waals surface area contributed by atoms with Gasteiger partial charge in [-0.25, -0.2) is 14.4 Å². The van der Waals surface area contributed by atoms with E-state index in [1.807, 2.05) is 6.92 Å². The molecule has 0 aliphatic rings. The SMILES string of the molecule is CCNC(=O)c1c(C)nc2c(-c3cnco3)cc(F)cn12. The number of amides is 1. The summed E-state index contributed by atoms with van der Waals surface area (Å²) in [6.45, 7) is 4.01. The van der Waals surface area contributed by atoms with E-state index in [4.69, 9.17) is 4.42 Å². The van der Waals surface area contributed by atoms with Gasteiger partial charge in [0.2, 0.25) is 0 Å². The molecule has 0 atom stereocenters. The van der Waals surface area contributed by atoms with Gasteiger partial charge in [-0.15, -0.1) is 0 Å². The Morgan fingerprint density at radius 3 is 3.00 bits per heavy atom. The van der Waals surface area contributed by atoms with Gasteiger partial charge in [-0.2, -0.15) is 0 Å². The molecule has 3 aromatic rings. The molecule has 0 unspecified atom stereocenters. The van der Waals surface area contributed by atoms with Crippen LogP contribution in [-0.2, 0) is 0 Å². The first-order valence-electron chi connectivity index (χ1n) is 6.47. The molecular weight excluding hydrogens is 275 g/mol. The normalized spacial score (nSPS) is 11.0.